The van der Waals surface area contributed by atoms with Crippen molar-refractivity contribution in [1.29, 1.82) is 0 Å². The molecule has 0 bridgehead atoms. The molecule has 1 saturated heterocycles. The molecule has 1 atom stereocenters. The van der Waals surface area contributed by atoms with Crippen molar-refractivity contribution in [3.05, 3.63) is 50.2 Å². The molecule has 1 aromatic carbocycles. The number of hydrogen-bond acceptors (Lipinski definition) is 5. The van der Waals surface area contributed by atoms with Gasteiger partial charge in [0.05, 0.1) is 0 Å². The van der Waals surface area contributed by atoms with E-state index in [9.17, 15) is 9.59 Å². The third-order valence-electron chi connectivity index (χ3n) is 7.05. The normalized spacial score (nSPS) is 19.3. The third-order valence-corrected chi connectivity index (χ3v) is 7.05. The fourth-order valence-electron chi connectivity index (χ4n) is 5.45. The summed E-state index contributed by atoms with van der Waals surface area (Å²) in [5, 5.41) is 0. The van der Waals surface area contributed by atoms with E-state index in [-0.39, 0.29) is 11.2 Å². The van der Waals surface area contributed by atoms with E-state index < -0.39 is 0 Å². The molecule has 0 spiro atoms. The maximum absolute atomic E-state index is 13.6. The second-order valence-electron chi connectivity index (χ2n) is 9.96. The summed E-state index contributed by atoms with van der Waals surface area (Å²) in [6, 6.07) is 6.47. The Morgan fingerprint density at radius 1 is 0.970 bits per heavy atom. The number of aryl methyl sites for hydroxylation is 3. The van der Waals surface area contributed by atoms with Crippen LogP contribution in [0.2, 0.25) is 0 Å². The molecule has 8 heteroatoms. The topological polar surface area (TPSA) is 68.3 Å². The van der Waals surface area contributed by atoms with Gasteiger partial charge in [-0.05, 0) is 69.0 Å². The highest BCUT2D eigenvalue weighted by Crippen LogP contribution is 2.33. The standard InChI is InChI=1S/C25H34N6O2/c1-17-12-18(2)14-20(13-17)30-15-19(3)16-31-21-22(26-24(30)31)27(4)25(33)29(23(21)32)11-10-28-8-6-5-7-9-28/h12-14,19H,5-11,15-16H2,1-4H3. The first-order valence-electron chi connectivity index (χ1n) is 12.1. The van der Waals surface area contributed by atoms with Gasteiger partial charge in [0, 0.05) is 38.9 Å². The first-order valence-corrected chi connectivity index (χ1v) is 12.1. The summed E-state index contributed by atoms with van der Waals surface area (Å²) in [5.74, 6) is 1.09. The van der Waals surface area contributed by atoms with Crippen molar-refractivity contribution < 1.29 is 0 Å². The number of anilines is 2. The van der Waals surface area contributed by atoms with Crippen LogP contribution in [0.15, 0.2) is 27.8 Å². The molecule has 3 aromatic rings. The summed E-state index contributed by atoms with van der Waals surface area (Å²) < 4.78 is 4.98. The molecule has 0 aliphatic carbocycles. The molecule has 33 heavy (non-hydrogen) atoms. The van der Waals surface area contributed by atoms with E-state index in [0.29, 0.717) is 30.2 Å². The van der Waals surface area contributed by atoms with E-state index >= 15 is 0 Å². The summed E-state index contributed by atoms with van der Waals surface area (Å²) in [7, 11) is 1.73. The molecule has 5 rings (SSSR count). The van der Waals surface area contributed by atoms with Gasteiger partial charge in [0.1, 0.15) is 0 Å². The van der Waals surface area contributed by atoms with Crippen molar-refractivity contribution in [2.75, 3.05) is 31.1 Å². The van der Waals surface area contributed by atoms with E-state index in [1.54, 1.807) is 11.6 Å². The van der Waals surface area contributed by atoms with Crippen LogP contribution in [-0.2, 0) is 20.1 Å². The zero-order valence-corrected chi connectivity index (χ0v) is 20.2. The van der Waals surface area contributed by atoms with E-state index in [2.05, 4.69) is 48.8 Å². The largest absolute Gasteiger partial charge is 0.332 e. The Kier molecular flexibility index (Phi) is 5.64. The van der Waals surface area contributed by atoms with Crippen molar-refractivity contribution >= 4 is 22.8 Å². The van der Waals surface area contributed by atoms with Crippen LogP contribution in [0.5, 0.6) is 0 Å². The van der Waals surface area contributed by atoms with Crippen molar-refractivity contribution in [3.63, 3.8) is 0 Å². The van der Waals surface area contributed by atoms with Crippen LogP contribution >= 0.6 is 0 Å². The molecule has 0 amide bonds. The highest BCUT2D eigenvalue weighted by molar-refractivity contribution is 5.77. The van der Waals surface area contributed by atoms with Crippen LogP contribution in [0.3, 0.4) is 0 Å². The number of fused-ring (bicyclic) bond motifs is 3. The van der Waals surface area contributed by atoms with E-state index in [0.717, 1.165) is 37.8 Å². The number of piperidine rings is 1. The van der Waals surface area contributed by atoms with Crippen molar-refractivity contribution in [3.8, 4) is 0 Å². The lowest BCUT2D eigenvalue weighted by Gasteiger charge is -2.33. The molecule has 176 valence electrons. The lowest BCUT2D eigenvalue weighted by molar-refractivity contribution is 0.218. The number of rotatable bonds is 4. The molecule has 2 aliphatic rings. The van der Waals surface area contributed by atoms with Gasteiger partial charge in [0.2, 0.25) is 5.95 Å². The lowest BCUT2D eigenvalue weighted by Crippen LogP contribution is -2.43. The molecule has 2 aromatic heterocycles. The highest BCUT2D eigenvalue weighted by Gasteiger charge is 2.30. The molecule has 8 nitrogen and oxygen atoms in total. The molecular formula is C25H34N6O2. The van der Waals surface area contributed by atoms with Gasteiger partial charge in [0.25, 0.3) is 5.56 Å². The minimum absolute atomic E-state index is 0.224. The Bertz CT molecular complexity index is 1290. The Morgan fingerprint density at radius 3 is 2.36 bits per heavy atom. The number of benzene rings is 1. The quantitative estimate of drug-likeness (QED) is 0.612. The number of hydrogen-bond donors (Lipinski definition) is 0. The zero-order chi connectivity index (χ0) is 23.3. The van der Waals surface area contributed by atoms with Gasteiger partial charge in [-0.15, -0.1) is 0 Å². The number of imidazole rings is 1. The minimum Gasteiger partial charge on any atom is -0.312 e. The predicted octanol–water partition coefficient (Wildman–Crippen LogP) is 2.79. The molecule has 2 aliphatic heterocycles. The average Bonchev–Trinajstić information content (AvgIpc) is 3.16. The molecule has 1 unspecified atom stereocenters. The molecule has 4 heterocycles. The van der Waals surface area contributed by atoms with Gasteiger partial charge in [0.15, 0.2) is 11.2 Å². The monoisotopic (exact) mass is 450 g/mol. The van der Waals surface area contributed by atoms with Gasteiger partial charge >= 0.3 is 5.69 Å². The van der Waals surface area contributed by atoms with Crippen molar-refractivity contribution in [2.45, 2.75) is 53.1 Å². The van der Waals surface area contributed by atoms with Crippen molar-refractivity contribution in [1.82, 2.24) is 23.6 Å². The second-order valence-corrected chi connectivity index (χ2v) is 9.96. The van der Waals surface area contributed by atoms with Crippen LogP contribution < -0.4 is 16.1 Å². The summed E-state index contributed by atoms with van der Waals surface area (Å²) in [4.78, 5) is 36.1. The van der Waals surface area contributed by atoms with Crippen LogP contribution in [0.4, 0.5) is 11.6 Å². The predicted molar refractivity (Wildman–Crippen MR) is 132 cm³/mol. The second kappa shape index (κ2) is 8.48. The van der Waals surface area contributed by atoms with Crippen LogP contribution in [0.25, 0.3) is 11.2 Å². The van der Waals surface area contributed by atoms with E-state index in [1.165, 1.54) is 35.0 Å². The fourth-order valence-corrected chi connectivity index (χ4v) is 5.45. The Morgan fingerprint density at radius 2 is 1.67 bits per heavy atom. The van der Waals surface area contributed by atoms with Crippen LogP contribution in [0.1, 0.15) is 37.3 Å². The van der Waals surface area contributed by atoms with E-state index in [4.69, 9.17) is 4.98 Å². The van der Waals surface area contributed by atoms with E-state index in [1.807, 2.05) is 4.57 Å². The van der Waals surface area contributed by atoms with Crippen LogP contribution in [0, 0.1) is 19.8 Å². The smallest absolute Gasteiger partial charge is 0.312 e. The fraction of sp³-hybridized carbons (Fsp3) is 0.560. The Labute approximate surface area is 194 Å². The Balaban J connectivity index is 1.62. The maximum Gasteiger partial charge on any atom is 0.332 e. The number of aromatic nitrogens is 4. The van der Waals surface area contributed by atoms with Crippen LogP contribution in [-0.4, -0.2) is 49.8 Å². The van der Waals surface area contributed by atoms with Crippen molar-refractivity contribution in [2.24, 2.45) is 13.0 Å². The van der Waals surface area contributed by atoms with Gasteiger partial charge in [-0.1, -0.05) is 19.4 Å². The SMILES string of the molecule is Cc1cc(C)cc(N2CC(C)Cn3c2nc2c3c(=O)n(CCN3CCCCC3)c(=O)n2C)c1. The average molecular weight is 451 g/mol. The number of nitrogens with zero attached hydrogens (tertiary/aromatic N) is 6. The molecule has 0 radical (unpaired) electrons. The first-order chi connectivity index (χ1) is 15.8. The summed E-state index contributed by atoms with van der Waals surface area (Å²) in [6.07, 6.45) is 3.64. The summed E-state index contributed by atoms with van der Waals surface area (Å²) in [6.45, 7) is 11.2. The third kappa shape index (κ3) is 3.90. The Hall–Kier alpha value is -2.87. The zero-order valence-electron chi connectivity index (χ0n) is 20.2. The summed E-state index contributed by atoms with van der Waals surface area (Å²) >= 11 is 0. The first kappa shape index (κ1) is 21.9. The number of likely N-dealkylation sites (tertiary alicyclic amines) is 1. The molecule has 0 saturated carbocycles. The minimum atomic E-state index is -0.286. The van der Waals surface area contributed by atoms with Gasteiger partial charge in [-0.3, -0.25) is 13.9 Å². The maximum atomic E-state index is 13.6. The highest BCUT2D eigenvalue weighted by atomic mass is 16.2. The molecule has 1 fully saturated rings. The van der Waals surface area contributed by atoms with Gasteiger partial charge in [-0.25, -0.2) is 4.79 Å². The molecule has 0 N–H and O–H groups in total. The van der Waals surface area contributed by atoms with Gasteiger partial charge in [-0.2, -0.15) is 4.98 Å². The molecular weight excluding hydrogens is 416 g/mol. The lowest BCUT2D eigenvalue weighted by atomic mass is 10.1. The van der Waals surface area contributed by atoms with Gasteiger partial charge < -0.3 is 14.4 Å². The summed E-state index contributed by atoms with van der Waals surface area (Å²) in [5.41, 5.74) is 3.95.